The number of hydrogen-bond donors (Lipinski definition) is 1. The topological polar surface area (TPSA) is 73.8 Å². The van der Waals surface area contributed by atoms with Crippen LogP contribution in [-0.4, -0.2) is 27.3 Å². The van der Waals surface area contributed by atoms with Gasteiger partial charge in [-0.2, -0.15) is 0 Å². The molecule has 0 atom stereocenters. The molecular weight excluding hydrogens is 204 g/mol. The molecule has 90 valence electrons. The first-order chi connectivity index (χ1) is 7.46. The van der Waals surface area contributed by atoms with Crippen molar-refractivity contribution < 1.29 is 4.79 Å². The van der Waals surface area contributed by atoms with E-state index in [1.807, 2.05) is 0 Å². The van der Waals surface area contributed by atoms with Crippen LogP contribution in [0.5, 0.6) is 0 Å². The van der Waals surface area contributed by atoms with Crippen molar-refractivity contribution in [2.45, 2.75) is 33.1 Å². The van der Waals surface area contributed by atoms with E-state index in [0.29, 0.717) is 18.7 Å². The summed E-state index contributed by atoms with van der Waals surface area (Å²) in [5, 5.41) is 7.44. The summed E-state index contributed by atoms with van der Waals surface area (Å²) in [7, 11) is 1.73. The second-order valence-corrected chi connectivity index (χ2v) is 4.87. The Bertz CT molecular complexity index is 357. The third kappa shape index (κ3) is 3.41. The lowest BCUT2D eigenvalue weighted by molar-refractivity contribution is 0.0952. The summed E-state index contributed by atoms with van der Waals surface area (Å²) in [5.41, 5.74) is 6.22. The molecule has 0 saturated heterocycles. The number of hydrogen-bond acceptors (Lipinski definition) is 4. The molecule has 1 rings (SSSR count). The van der Waals surface area contributed by atoms with Crippen LogP contribution >= 0.6 is 0 Å². The fourth-order valence-corrected chi connectivity index (χ4v) is 1.64. The van der Waals surface area contributed by atoms with Crippen LogP contribution in [0.2, 0.25) is 0 Å². The van der Waals surface area contributed by atoms with Crippen LogP contribution in [0.25, 0.3) is 0 Å². The van der Waals surface area contributed by atoms with Crippen molar-refractivity contribution in [3.8, 4) is 0 Å². The molecular formula is C11H20N4O. The summed E-state index contributed by atoms with van der Waals surface area (Å²) in [6.07, 6.45) is 3.81. The fourth-order valence-electron chi connectivity index (χ4n) is 1.64. The van der Waals surface area contributed by atoms with Crippen molar-refractivity contribution in [2.75, 3.05) is 6.54 Å². The molecule has 0 aliphatic heterocycles. The zero-order valence-electron chi connectivity index (χ0n) is 10.2. The molecule has 5 heteroatoms. The van der Waals surface area contributed by atoms with Crippen LogP contribution in [0.1, 0.15) is 43.6 Å². The van der Waals surface area contributed by atoms with Gasteiger partial charge >= 0.3 is 0 Å². The van der Waals surface area contributed by atoms with Gasteiger partial charge in [0.05, 0.1) is 6.20 Å². The molecule has 1 aromatic rings. The lowest BCUT2D eigenvalue weighted by atomic mass is 9.83. The van der Waals surface area contributed by atoms with Crippen molar-refractivity contribution in [1.29, 1.82) is 0 Å². The second kappa shape index (κ2) is 5.21. The van der Waals surface area contributed by atoms with Gasteiger partial charge in [-0.1, -0.05) is 19.1 Å². The minimum absolute atomic E-state index is 0.0950. The highest BCUT2D eigenvalue weighted by molar-refractivity contribution is 5.94. The van der Waals surface area contributed by atoms with Gasteiger partial charge < -0.3 is 5.73 Å². The first-order valence-electron chi connectivity index (χ1n) is 5.54. The molecule has 0 amide bonds. The Labute approximate surface area is 96.0 Å². The highest BCUT2D eigenvalue weighted by Crippen LogP contribution is 2.26. The number of carbonyl (C=O) groups excluding carboxylic acids is 1. The van der Waals surface area contributed by atoms with Gasteiger partial charge in [0, 0.05) is 13.5 Å². The van der Waals surface area contributed by atoms with Crippen molar-refractivity contribution in [3.63, 3.8) is 0 Å². The van der Waals surface area contributed by atoms with Gasteiger partial charge in [0.2, 0.25) is 0 Å². The number of rotatable bonds is 6. The van der Waals surface area contributed by atoms with Gasteiger partial charge in [-0.05, 0) is 24.8 Å². The Hall–Kier alpha value is -1.23. The maximum absolute atomic E-state index is 11.8. The molecule has 0 aliphatic carbocycles. The van der Waals surface area contributed by atoms with E-state index in [1.165, 1.54) is 10.9 Å². The van der Waals surface area contributed by atoms with Crippen LogP contribution in [0.15, 0.2) is 6.20 Å². The molecule has 1 heterocycles. The van der Waals surface area contributed by atoms with Gasteiger partial charge in [-0.25, -0.2) is 4.68 Å². The summed E-state index contributed by atoms with van der Waals surface area (Å²) in [6, 6.07) is 0. The Morgan fingerprint density at radius 3 is 2.69 bits per heavy atom. The number of aryl methyl sites for hydroxylation is 1. The van der Waals surface area contributed by atoms with Crippen LogP contribution in [0, 0.1) is 5.41 Å². The predicted molar refractivity (Wildman–Crippen MR) is 62.0 cm³/mol. The molecule has 0 bridgehead atoms. The van der Waals surface area contributed by atoms with E-state index >= 15 is 0 Å². The number of ketones is 1. The van der Waals surface area contributed by atoms with E-state index in [2.05, 4.69) is 24.2 Å². The van der Waals surface area contributed by atoms with E-state index in [9.17, 15) is 4.79 Å². The van der Waals surface area contributed by atoms with Crippen LogP contribution in [0.4, 0.5) is 0 Å². The first-order valence-corrected chi connectivity index (χ1v) is 5.54. The Morgan fingerprint density at radius 2 is 2.19 bits per heavy atom. The van der Waals surface area contributed by atoms with E-state index < -0.39 is 0 Å². The van der Waals surface area contributed by atoms with Gasteiger partial charge in [0.15, 0.2) is 5.78 Å². The number of nitrogens with zero attached hydrogens (tertiary/aromatic N) is 3. The van der Waals surface area contributed by atoms with E-state index in [4.69, 9.17) is 5.73 Å². The Kier molecular flexibility index (Phi) is 4.18. The summed E-state index contributed by atoms with van der Waals surface area (Å²) in [6.45, 7) is 4.93. The maximum atomic E-state index is 11.8. The van der Waals surface area contributed by atoms with Gasteiger partial charge in [0.25, 0.3) is 0 Å². The fraction of sp³-hybridized carbons (Fsp3) is 0.727. The van der Waals surface area contributed by atoms with Crippen LogP contribution < -0.4 is 5.73 Å². The van der Waals surface area contributed by atoms with Crippen LogP contribution in [-0.2, 0) is 7.05 Å². The number of carbonyl (C=O) groups is 1. The molecule has 5 nitrogen and oxygen atoms in total. The average Bonchev–Trinajstić information content (AvgIpc) is 2.61. The zero-order chi connectivity index (χ0) is 12.2. The molecule has 1 aromatic heterocycles. The molecule has 2 N–H and O–H groups in total. The molecule has 0 radical (unpaired) electrons. The quantitative estimate of drug-likeness (QED) is 0.736. The van der Waals surface area contributed by atoms with Crippen molar-refractivity contribution in [2.24, 2.45) is 18.2 Å². The molecule has 0 fully saturated rings. The lowest BCUT2D eigenvalue weighted by Crippen LogP contribution is -2.19. The van der Waals surface area contributed by atoms with Crippen LogP contribution in [0.3, 0.4) is 0 Å². The van der Waals surface area contributed by atoms with Gasteiger partial charge in [-0.15, -0.1) is 5.10 Å². The normalized spacial score (nSPS) is 11.8. The number of Topliss-reactive ketones (excluding diaryl/α,β-unsaturated/α-hetero) is 1. The Balaban J connectivity index is 2.51. The van der Waals surface area contributed by atoms with Gasteiger partial charge in [-0.3, -0.25) is 4.79 Å². The highest BCUT2D eigenvalue weighted by atomic mass is 16.1. The van der Waals surface area contributed by atoms with E-state index in [0.717, 1.165) is 12.8 Å². The highest BCUT2D eigenvalue weighted by Gasteiger charge is 2.20. The summed E-state index contributed by atoms with van der Waals surface area (Å²) >= 11 is 0. The largest absolute Gasteiger partial charge is 0.330 e. The standard InChI is InChI=1S/C11H20N4O/c1-11(2,6-7-12)5-4-10(16)9-8-13-14-15(9)3/h8H,4-7,12H2,1-3H3. The molecule has 0 spiro atoms. The lowest BCUT2D eigenvalue weighted by Gasteiger charge is -2.23. The molecule has 0 aromatic carbocycles. The van der Waals surface area contributed by atoms with E-state index in [-0.39, 0.29) is 11.2 Å². The van der Waals surface area contributed by atoms with Crippen molar-refractivity contribution >= 4 is 5.78 Å². The molecule has 16 heavy (non-hydrogen) atoms. The second-order valence-electron chi connectivity index (χ2n) is 4.87. The third-order valence-corrected chi connectivity index (χ3v) is 2.85. The van der Waals surface area contributed by atoms with E-state index in [1.54, 1.807) is 7.05 Å². The van der Waals surface area contributed by atoms with Crippen molar-refractivity contribution in [1.82, 2.24) is 15.0 Å². The minimum Gasteiger partial charge on any atom is -0.330 e. The summed E-state index contributed by atoms with van der Waals surface area (Å²) in [4.78, 5) is 11.8. The molecule has 0 unspecified atom stereocenters. The number of nitrogens with two attached hydrogens (primary N) is 1. The maximum Gasteiger partial charge on any atom is 0.182 e. The average molecular weight is 224 g/mol. The predicted octanol–water partition coefficient (Wildman–Crippen LogP) is 1.15. The summed E-state index contributed by atoms with van der Waals surface area (Å²) < 4.78 is 1.51. The summed E-state index contributed by atoms with van der Waals surface area (Å²) in [5.74, 6) is 0.0950. The smallest absolute Gasteiger partial charge is 0.182 e. The minimum atomic E-state index is 0.0950. The molecule has 0 saturated carbocycles. The van der Waals surface area contributed by atoms with Crippen molar-refractivity contribution in [3.05, 3.63) is 11.9 Å². The SMILES string of the molecule is Cn1nncc1C(=O)CCC(C)(C)CCN. The monoisotopic (exact) mass is 224 g/mol. The first kappa shape index (κ1) is 12.8. The van der Waals surface area contributed by atoms with Gasteiger partial charge in [0.1, 0.15) is 5.69 Å². The number of aromatic nitrogens is 3. The Morgan fingerprint density at radius 1 is 1.50 bits per heavy atom. The third-order valence-electron chi connectivity index (χ3n) is 2.85. The zero-order valence-corrected chi connectivity index (χ0v) is 10.2. The molecule has 0 aliphatic rings.